The van der Waals surface area contributed by atoms with E-state index in [-0.39, 0.29) is 5.69 Å². The fourth-order valence-electron chi connectivity index (χ4n) is 2.08. The summed E-state index contributed by atoms with van der Waals surface area (Å²) < 4.78 is 41.2. The Kier molecular flexibility index (Phi) is 6.18. The summed E-state index contributed by atoms with van der Waals surface area (Å²) >= 11 is 7.17. The fourth-order valence-corrected chi connectivity index (χ4v) is 2.89. The van der Waals surface area contributed by atoms with Gasteiger partial charge in [0.25, 0.3) is 0 Å². The Bertz CT molecular complexity index is 715. The Balaban J connectivity index is 2.22. The van der Waals surface area contributed by atoms with Crippen LogP contribution in [0.2, 0.25) is 5.02 Å². The quantitative estimate of drug-likeness (QED) is 0.351. The van der Waals surface area contributed by atoms with Gasteiger partial charge in [-0.3, -0.25) is 0 Å². The molecule has 2 nitrogen and oxygen atoms in total. The zero-order chi connectivity index (χ0) is 17.7. The molecule has 0 N–H and O–H groups in total. The van der Waals surface area contributed by atoms with Gasteiger partial charge in [0.05, 0.1) is 11.3 Å². The van der Waals surface area contributed by atoms with Gasteiger partial charge in [-0.05, 0) is 54.3 Å². The molecule has 0 aliphatic rings. The summed E-state index contributed by atoms with van der Waals surface area (Å²) in [6.07, 6.45) is -2.56. The molecular weight excluding hydrogens is 357 g/mol. The van der Waals surface area contributed by atoms with Crippen molar-refractivity contribution >= 4 is 35.6 Å². The Hall–Kier alpha value is -1.66. The van der Waals surface area contributed by atoms with Crippen LogP contribution >= 0.6 is 23.5 Å². The molecule has 0 fully saturated rings. The molecule has 0 atom stereocenters. The molecule has 2 rings (SSSR count). The number of nitrogens with zero attached hydrogens (tertiary/aromatic N) is 2. The number of para-hydroxylation sites is 1. The molecule has 2 aromatic carbocycles. The summed E-state index contributed by atoms with van der Waals surface area (Å²) in [5.41, 5.74) is -0.190. The lowest BCUT2D eigenvalue weighted by atomic mass is 10.1. The maximum absolute atomic E-state index is 13.2. The molecule has 0 radical (unpaired) electrons. The van der Waals surface area contributed by atoms with Crippen molar-refractivity contribution in [3.63, 3.8) is 0 Å². The van der Waals surface area contributed by atoms with E-state index in [2.05, 4.69) is 4.99 Å². The van der Waals surface area contributed by atoms with E-state index in [1.165, 1.54) is 24.4 Å². The van der Waals surface area contributed by atoms with Crippen LogP contribution in [-0.2, 0) is 12.6 Å². The molecule has 0 aliphatic heterocycles. The van der Waals surface area contributed by atoms with Crippen molar-refractivity contribution in [2.75, 3.05) is 7.05 Å². The van der Waals surface area contributed by atoms with Gasteiger partial charge in [0.2, 0.25) is 0 Å². The van der Waals surface area contributed by atoms with Crippen molar-refractivity contribution in [3.8, 4) is 0 Å². The van der Waals surface area contributed by atoms with Gasteiger partial charge < -0.3 is 4.31 Å². The third-order valence-electron chi connectivity index (χ3n) is 3.22. The normalized spacial score (nSPS) is 11.9. The number of hydrogen-bond acceptors (Lipinski definition) is 2. The second-order valence-electron chi connectivity index (χ2n) is 5.00. The highest BCUT2D eigenvalue weighted by Gasteiger charge is 2.34. The van der Waals surface area contributed by atoms with E-state index < -0.39 is 11.7 Å². The van der Waals surface area contributed by atoms with E-state index in [1.807, 2.05) is 12.1 Å². The standard InChI is InChI=1S/C17H16ClF3N2S/c1-3-12-5-4-6-15(17(19,20)21)16(12)22-11-23(2)24-14-9-7-13(18)8-10-14/h4-11H,3H2,1-2H3. The number of aryl methyl sites for hydroxylation is 1. The van der Waals surface area contributed by atoms with Crippen LogP contribution in [0, 0.1) is 0 Å². The predicted molar refractivity (Wildman–Crippen MR) is 94.0 cm³/mol. The highest BCUT2D eigenvalue weighted by molar-refractivity contribution is 7.97. The zero-order valence-corrected chi connectivity index (χ0v) is 14.7. The van der Waals surface area contributed by atoms with E-state index in [1.54, 1.807) is 36.5 Å². The van der Waals surface area contributed by atoms with Gasteiger partial charge in [0.1, 0.15) is 6.34 Å². The molecule has 0 heterocycles. The highest BCUT2D eigenvalue weighted by Crippen LogP contribution is 2.38. The Labute approximate surface area is 148 Å². The monoisotopic (exact) mass is 372 g/mol. The van der Waals surface area contributed by atoms with E-state index in [0.29, 0.717) is 17.0 Å². The Morgan fingerprint density at radius 3 is 2.42 bits per heavy atom. The molecule has 0 aromatic heterocycles. The molecule has 24 heavy (non-hydrogen) atoms. The minimum atomic E-state index is -4.43. The molecule has 128 valence electrons. The van der Waals surface area contributed by atoms with E-state index in [4.69, 9.17) is 11.6 Å². The average Bonchev–Trinajstić information content (AvgIpc) is 2.54. The van der Waals surface area contributed by atoms with Gasteiger partial charge in [-0.25, -0.2) is 4.99 Å². The average molecular weight is 373 g/mol. The number of halogens is 4. The molecule has 0 unspecified atom stereocenters. The van der Waals surface area contributed by atoms with Gasteiger partial charge in [-0.15, -0.1) is 0 Å². The first-order valence-corrected chi connectivity index (χ1v) is 8.36. The van der Waals surface area contributed by atoms with E-state index in [0.717, 1.165) is 11.0 Å². The predicted octanol–water partition coefficient (Wildman–Crippen LogP) is 6.22. The highest BCUT2D eigenvalue weighted by atomic mass is 35.5. The zero-order valence-electron chi connectivity index (χ0n) is 13.1. The van der Waals surface area contributed by atoms with E-state index >= 15 is 0 Å². The van der Waals surface area contributed by atoms with Crippen LogP contribution in [0.4, 0.5) is 18.9 Å². The van der Waals surface area contributed by atoms with Gasteiger partial charge in [0.15, 0.2) is 0 Å². The van der Waals surface area contributed by atoms with Crippen molar-refractivity contribution in [1.29, 1.82) is 0 Å². The lowest BCUT2D eigenvalue weighted by Gasteiger charge is -2.15. The third-order valence-corrected chi connectivity index (χ3v) is 4.34. The summed E-state index contributed by atoms with van der Waals surface area (Å²) in [6, 6.07) is 11.3. The summed E-state index contributed by atoms with van der Waals surface area (Å²) in [7, 11) is 1.73. The molecule has 0 saturated carbocycles. The van der Waals surface area contributed by atoms with E-state index in [9.17, 15) is 13.2 Å². The molecule has 2 aromatic rings. The molecule has 7 heteroatoms. The second kappa shape index (κ2) is 7.94. The number of hydrogen-bond donors (Lipinski definition) is 0. The first-order valence-electron chi connectivity index (χ1n) is 7.21. The Morgan fingerprint density at radius 1 is 1.17 bits per heavy atom. The lowest BCUT2D eigenvalue weighted by Crippen LogP contribution is -2.08. The maximum Gasteiger partial charge on any atom is 0.418 e. The number of rotatable bonds is 5. The molecule has 0 amide bonds. The SMILES string of the molecule is CCc1cccc(C(F)(F)F)c1N=CN(C)Sc1ccc(Cl)cc1. The molecular formula is C17H16ClF3N2S. The smallest absolute Gasteiger partial charge is 0.306 e. The van der Waals surface area contributed by atoms with Crippen molar-refractivity contribution < 1.29 is 13.2 Å². The van der Waals surface area contributed by atoms with Crippen molar-refractivity contribution in [2.45, 2.75) is 24.4 Å². The van der Waals surface area contributed by atoms with Crippen LogP contribution in [-0.4, -0.2) is 17.7 Å². The maximum atomic E-state index is 13.2. The van der Waals surface area contributed by atoms with Crippen molar-refractivity contribution in [2.24, 2.45) is 4.99 Å². The first-order chi connectivity index (χ1) is 11.3. The fraction of sp³-hybridized carbons (Fsp3) is 0.235. The van der Waals surface area contributed by atoms with Crippen molar-refractivity contribution in [3.05, 3.63) is 58.6 Å². The summed E-state index contributed by atoms with van der Waals surface area (Å²) in [6.45, 7) is 1.81. The second-order valence-corrected chi connectivity index (χ2v) is 6.67. The topological polar surface area (TPSA) is 15.6 Å². The van der Waals surface area contributed by atoms with Crippen LogP contribution in [0.25, 0.3) is 0 Å². The lowest BCUT2D eigenvalue weighted by molar-refractivity contribution is -0.137. The minimum absolute atomic E-state index is 0.0314. The van der Waals surface area contributed by atoms with Crippen LogP contribution in [0.5, 0.6) is 0 Å². The minimum Gasteiger partial charge on any atom is -0.306 e. The van der Waals surface area contributed by atoms with Crippen LogP contribution in [0.1, 0.15) is 18.1 Å². The largest absolute Gasteiger partial charge is 0.418 e. The summed E-state index contributed by atoms with van der Waals surface area (Å²) in [5.74, 6) is 0. The molecule has 0 saturated heterocycles. The van der Waals surface area contributed by atoms with Crippen LogP contribution < -0.4 is 0 Å². The third kappa shape index (κ3) is 4.92. The van der Waals surface area contributed by atoms with Crippen LogP contribution in [0.3, 0.4) is 0 Å². The number of aliphatic imine (C=N–C) groups is 1. The van der Waals surface area contributed by atoms with Crippen LogP contribution in [0.15, 0.2) is 52.4 Å². The van der Waals surface area contributed by atoms with Gasteiger partial charge in [-0.1, -0.05) is 30.7 Å². The van der Waals surface area contributed by atoms with Gasteiger partial charge >= 0.3 is 6.18 Å². The van der Waals surface area contributed by atoms with Gasteiger partial charge in [-0.2, -0.15) is 13.2 Å². The molecule has 0 spiro atoms. The number of benzene rings is 2. The first kappa shape index (κ1) is 18.7. The van der Waals surface area contributed by atoms with Gasteiger partial charge in [0, 0.05) is 17.0 Å². The summed E-state index contributed by atoms with van der Waals surface area (Å²) in [4.78, 5) is 5.00. The molecule has 0 bridgehead atoms. The number of alkyl halides is 3. The van der Waals surface area contributed by atoms with Crippen molar-refractivity contribution in [1.82, 2.24) is 4.31 Å². The summed E-state index contributed by atoms with van der Waals surface area (Å²) in [5, 5.41) is 0.627. The molecule has 0 aliphatic carbocycles. The Morgan fingerprint density at radius 2 is 1.83 bits per heavy atom.